The first-order valence-electron chi connectivity index (χ1n) is 5.22. The van der Waals surface area contributed by atoms with E-state index in [0.717, 1.165) is 11.1 Å². The molecule has 1 rings (SSSR count). The fraction of sp³-hybridized carbons (Fsp3) is 0.417. The van der Waals surface area contributed by atoms with Crippen molar-refractivity contribution in [1.29, 1.82) is 0 Å². The molecule has 0 radical (unpaired) electrons. The Morgan fingerprint density at radius 1 is 1.50 bits per heavy atom. The quantitative estimate of drug-likeness (QED) is 0.716. The van der Waals surface area contributed by atoms with Gasteiger partial charge in [0, 0.05) is 0 Å². The number of ether oxygens (including phenoxy) is 1. The lowest BCUT2D eigenvalue weighted by molar-refractivity contribution is -0.138. The number of hydrogen-bond acceptors (Lipinski definition) is 3. The minimum absolute atomic E-state index is 0.0144. The molecule has 0 heterocycles. The average molecular weight is 223 g/mol. The maximum atomic E-state index is 10.3. The summed E-state index contributed by atoms with van der Waals surface area (Å²) < 4.78 is 5.21. The van der Waals surface area contributed by atoms with Crippen molar-refractivity contribution in [2.24, 2.45) is 5.73 Å². The van der Waals surface area contributed by atoms with Crippen LogP contribution >= 0.6 is 0 Å². The van der Waals surface area contributed by atoms with E-state index >= 15 is 0 Å². The van der Waals surface area contributed by atoms with Crippen molar-refractivity contribution < 1.29 is 14.6 Å². The van der Waals surface area contributed by atoms with Gasteiger partial charge in [0.2, 0.25) is 0 Å². The largest absolute Gasteiger partial charge is 0.481 e. The van der Waals surface area contributed by atoms with Crippen LogP contribution in [0.15, 0.2) is 24.3 Å². The van der Waals surface area contributed by atoms with Crippen LogP contribution in [-0.4, -0.2) is 24.3 Å². The van der Waals surface area contributed by atoms with Crippen LogP contribution in [0, 0.1) is 6.92 Å². The Kier molecular flexibility index (Phi) is 4.95. The highest BCUT2D eigenvalue weighted by Gasteiger charge is 2.08. The van der Waals surface area contributed by atoms with Crippen molar-refractivity contribution in [3.8, 4) is 0 Å². The number of hydrogen-bond donors (Lipinski definition) is 2. The van der Waals surface area contributed by atoms with E-state index in [-0.39, 0.29) is 19.1 Å². The van der Waals surface area contributed by atoms with Gasteiger partial charge in [-0.25, -0.2) is 0 Å². The number of nitrogens with two attached hydrogens (primary N) is 1. The Bertz CT molecular complexity index is 352. The first kappa shape index (κ1) is 12.7. The van der Waals surface area contributed by atoms with Gasteiger partial charge in [0.15, 0.2) is 0 Å². The summed E-state index contributed by atoms with van der Waals surface area (Å²) in [6, 6.07) is 7.64. The van der Waals surface area contributed by atoms with Crippen LogP contribution in [0.1, 0.15) is 23.6 Å². The molecule has 0 unspecified atom stereocenters. The lowest BCUT2D eigenvalue weighted by Gasteiger charge is -2.14. The van der Waals surface area contributed by atoms with Crippen molar-refractivity contribution >= 4 is 5.97 Å². The fourth-order valence-electron chi connectivity index (χ4n) is 1.46. The molecule has 0 saturated carbocycles. The van der Waals surface area contributed by atoms with Gasteiger partial charge in [-0.15, -0.1) is 0 Å². The van der Waals surface area contributed by atoms with Crippen molar-refractivity contribution in [3.63, 3.8) is 0 Å². The summed E-state index contributed by atoms with van der Waals surface area (Å²) in [6.07, 6.45) is 0.0144. The van der Waals surface area contributed by atoms with Crippen molar-refractivity contribution in [2.75, 3.05) is 13.2 Å². The van der Waals surface area contributed by atoms with E-state index in [4.69, 9.17) is 15.6 Å². The summed E-state index contributed by atoms with van der Waals surface area (Å²) in [6.45, 7) is 2.54. The summed E-state index contributed by atoms with van der Waals surface area (Å²) in [5.41, 5.74) is 8.10. The molecule has 88 valence electrons. The fourth-order valence-corrected chi connectivity index (χ4v) is 1.46. The summed E-state index contributed by atoms with van der Waals surface area (Å²) in [5, 5.41) is 8.43. The number of carboxylic acid groups (broad SMARTS) is 1. The van der Waals surface area contributed by atoms with Gasteiger partial charge >= 0.3 is 5.97 Å². The molecule has 0 spiro atoms. The van der Waals surface area contributed by atoms with Crippen LogP contribution in [0.5, 0.6) is 0 Å². The van der Waals surface area contributed by atoms with Crippen LogP contribution in [0.2, 0.25) is 0 Å². The van der Waals surface area contributed by atoms with Gasteiger partial charge in [-0.05, 0) is 18.1 Å². The van der Waals surface area contributed by atoms with Crippen LogP contribution in [0.4, 0.5) is 0 Å². The van der Waals surface area contributed by atoms with E-state index in [0.29, 0.717) is 6.61 Å². The van der Waals surface area contributed by atoms with Crippen molar-refractivity contribution in [1.82, 2.24) is 0 Å². The number of carbonyl (C=O) groups is 1. The lowest BCUT2D eigenvalue weighted by atomic mass is 10.0. The lowest BCUT2D eigenvalue weighted by Crippen LogP contribution is -2.19. The Hall–Kier alpha value is -1.39. The summed E-state index contributed by atoms with van der Waals surface area (Å²) in [4.78, 5) is 10.3. The number of benzene rings is 1. The summed E-state index contributed by atoms with van der Waals surface area (Å²) in [5.74, 6) is -0.857. The van der Waals surface area contributed by atoms with Crippen molar-refractivity contribution in [2.45, 2.75) is 19.4 Å². The molecule has 4 nitrogen and oxygen atoms in total. The van der Waals surface area contributed by atoms with Crippen LogP contribution in [-0.2, 0) is 9.53 Å². The third kappa shape index (κ3) is 4.00. The molecule has 0 aromatic heterocycles. The second-order valence-electron chi connectivity index (χ2n) is 3.68. The Morgan fingerprint density at radius 2 is 2.19 bits per heavy atom. The molecule has 0 bridgehead atoms. The number of rotatable bonds is 6. The number of carboxylic acids is 1. The SMILES string of the molecule is Cc1ccccc1[C@@H](N)COCCC(=O)O. The Labute approximate surface area is 95.0 Å². The van der Waals surface area contributed by atoms with E-state index in [9.17, 15) is 4.79 Å². The summed E-state index contributed by atoms with van der Waals surface area (Å²) in [7, 11) is 0. The second-order valence-corrected chi connectivity index (χ2v) is 3.68. The predicted octanol–water partition coefficient (Wildman–Crippen LogP) is 1.49. The smallest absolute Gasteiger partial charge is 0.305 e. The van der Waals surface area contributed by atoms with Gasteiger partial charge in [0.25, 0.3) is 0 Å². The molecule has 1 aromatic rings. The van der Waals surface area contributed by atoms with Crippen LogP contribution < -0.4 is 5.73 Å². The van der Waals surface area contributed by atoms with Gasteiger partial charge in [0.1, 0.15) is 0 Å². The molecular formula is C12H17NO3. The van der Waals surface area contributed by atoms with Gasteiger partial charge in [-0.1, -0.05) is 24.3 Å². The highest BCUT2D eigenvalue weighted by molar-refractivity contribution is 5.66. The van der Waals surface area contributed by atoms with Crippen LogP contribution in [0.25, 0.3) is 0 Å². The van der Waals surface area contributed by atoms with Gasteiger partial charge < -0.3 is 15.6 Å². The molecule has 0 amide bonds. The molecule has 0 fully saturated rings. The normalized spacial score (nSPS) is 12.4. The van der Waals surface area contributed by atoms with Crippen molar-refractivity contribution in [3.05, 3.63) is 35.4 Å². The molecule has 3 N–H and O–H groups in total. The molecule has 0 aliphatic rings. The zero-order chi connectivity index (χ0) is 12.0. The Morgan fingerprint density at radius 3 is 2.81 bits per heavy atom. The highest BCUT2D eigenvalue weighted by Crippen LogP contribution is 2.15. The third-order valence-electron chi connectivity index (χ3n) is 2.35. The van der Waals surface area contributed by atoms with E-state index in [1.54, 1.807) is 0 Å². The molecule has 0 aliphatic carbocycles. The first-order valence-corrected chi connectivity index (χ1v) is 5.22. The van der Waals surface area contributed by atoms with E-state index in [1.165, 1.54) is 0 Å². The molecular weight excluding hydrogens is 206 g/mol. The third-order valence-corrected chi connectivity index (χ3v) is 2.35. The second kappa shape index (κ2) is 6.25. The maximum absolute atomic E-state index is 10.3. The van der Waals surface area contributed by atoms with Gasteiger partial charge in [-0.3, -0.25) is 4.79 Å². The minimum atomic E-state index is -0.857. The monoisotopic (exact) mass is 223 g/mol. The van der Waals surface area contributed by atoms with E-state index < -0.39 is 5.97 Å². The molecule has 1 atom stereocenters. The molecule has 0 aliphatic heterocycles. The minimum Gasteiger partial charge on any atom is -0.481 e. The number of aryl methyl sites for hydroxylation is 1. The standard InChI is InChI=1S/C12H17NO3/c1-9-4-2-3-5-10(9)11(13)8-16-7-6-12(14)15/h2-5,11H,6-8,13H2,1H3,(H,14,15)/t11-/m0/s1. The molecule has 4 heteroatoms. The first-order chi connectivity index (χ1) is 7.61. The molecule has 0 saturated heterocycles. The van der Waals surface area contributed by atoms with Gasteiger partial charge in [-0.2, -0.15) is 0 Å². The topological polar surface area (TPSA) is 72.5 Å². The summed E-state index contributed by atoms with van der Waals surface area (Å²) >= 11 is 0. The number of aliphatic carboxylic acids is 1. The van der Waals surface area contributed by atoms with E-state index in [2.05, 4.69) is 0 Å². The zero-order valence-electron chi connectivity index (χ0n) is 9.35. The Balaban J connectivity index is 2.38. The molecule has 16 heavy (non-hydrogen) atoms. The maximum Gasteiger partial charge on any atom is 0.305 e. The highest BCUT2D eigenvalue weighted by atomic mass is 16.5. The van der Waals surface area contributed by atoms with Crippen LogP contribution in [0.3, 0.4) is 0 Å². The zero-order valence-corrected chi connectivity index (χ0v) is 9.35. The van der Waals surface area contributed by atoms with E-state index in [1.807, 2.05) is 31.2 Å². The average Bonchev–Trinajstić information content (AvgIpc) is 2.24. The predicted molar refractivity (Wildman–Crippen MR) is 61.2 cm³/mol. The molecule has 1 aromatic carbocycles. The van der Waals surface area contributed by atoms with Gasteiger partial charge in [0.05, 0.1) is 25.7 Å².